The minimum absolute atomic E-state index is 0.380. The number of aromatic amines is 1. The van der Waals surface area contributed by atoms with E-state index in [-0.39, 0.29) is 0 Å². The van der Waals surface area contributed by atoms with Crippen molar-refractivity contribution >= 4 is 0 Å². The van der Waals surface area contributed by atoms with Gasteiger partial charge in [-0.1, -0.05) is 6.92 Å². The Morgan fingerprint density at radius 1 is 1.50 bits per heavy atom. The van der Waals surface area contributed by atoms with Crippen molar-refractivity contribution in [1.29, 1.82) is 0 Å². The fourth-order valence-corrected chi connectivity index (χ4v) is 1.39. The lowest BCUT2D eigenvalue weighted by molar-refractivity contribution is 0.0657. The predicted octanol–water partition coefficient (Wildman–Crippen LogP) is 1.75. The number of aromatic nitrogens is 2. The van der Waals surface area contributed by atoms with Crippen LogP contribution in [0.1, 0.15) is 32.5 Å². The van der Waals surface area contributed by atoms with Crippen LogP contribution >= 0.6 is 0 Å². The molecule has 4 nitrogen and oxygen atoms in total. The molecule has 1 aromatic heterocycles. The van der Waals surface area contributed by atoms with E-state index in [1.54, 1.807) is 6.20 Å². The molecule has 0 amide bonds. The second-order valence-corrected chi connectivity index (χ2v) is 3.98. The maximum Gasteiger partial charge on any atom is 0.106 e. The fraction of sp³-hybridized carbons (Fsp3) is 0.750. The SMILES string of the molecule is CCC(C)OCCNCCCc1ncc[nH]1. The molecule has 0 bridgehead atoms. The molecule has 0 saturated carbocycles. The van der Waals surface area contributed by atoms with Gasteiger partial charge in [0.25, 0.3) is 0 Å². The largest absolute Gasteiger partial charge is 0.377 e. The maximum atomic E-state index is 5.56. The zero-order valence-electron chi connectivity index (χ0n) is 10.3. The number of H-pyrrole nitrogens is 1. The number of ether oxygens (including phenoxy) is 1. The van der Waals surface area contributed by atoms with E-state index < -0.39 is 0 Å². The van der Waals surface area contributed by atoms with E-state index in [1.165, 1.54) is 0 Å². The summed E-state index contributed by atoms with van der Waals surface area (Å²) in [6.07, 6.45) is 7.23. The monoisotopic (exact) mass is 225 g/mol. The van der Waals surface area contributed by atoms with E-state index in [4.69, 9.17) is 4.74 Å². The highest BCUT2D eigenvalue weighted by Crippen LogP contribution is 1.95. The van der Waals surface area contributed by atoms with Gasteiger partial charge < -0.3 is 15.0 Å². The summed E-state index contributed by atoms with van der Waals surface area (Å²) >= 11 is 0. The first kappa shape index (κ1) is 13.2. The van der Waals surface area contributed by atoms with Gasteiger partial charge in [-0.15, -0.1) is 0 Å². The van der Waals surface area contributed by atoms with Crippen molar-refractivity contribution in [1.82, 2.24) is 15.3 Å². The first-order chi connectivity index (χ1) is 7.83. The molecule has 0 fully saturated rings. The predicted molar refractivity (Wildman–Crippen MR) is 65.5 cm³/mol. The fourth-order valence-electron chi connectivity index (χ4n) is 1.39. The van der Waals surface area contributed by atoms with Crippen LogP contribution in [0.5, 0.6) is 0 Å². The third kappa shape index (κ3) is 5.88. The first-order valence-electron chi connectivity index (χ1n) is 6.13. The summed E-state index contributed by atoms with van der Waals surface area (Å²) in [4.78, 5) is 7.27. The molecule has 1 rings (SSSR count). The zero-order valence-corrected chi connectivity index (χ0v) is 10.3. The number of imidazole rings is 1. The third-order valence-corrected chi connectivity index (χ3v) is 2.58. The lowest BCUT2D eigenvalue weighted by Gasteiger charge is -2.10. The number of aryl methyl sites for hydroxylation is 1. The lowest BCUT2D eigenvalue weighted by atomic mass is 10.3. The quantitative estimate of drug-likeness (QED) is 0.629. The summed E-state index contributed by atoms with van der Waals surface area (Å²) in [6.45, 7) is 7.00. The van der Waals surface area contributed by atoms with Gasteiger partial charge in [0.05, 0.1) is 12.7 Å². The Hall–Kier alpha value is -0.870. The highest BCUT2D eigenvalue weighted by atomic mass is 16.5. The van der Waals surface area contributed by atoms with Crippen LogP contribution < -0.4 is 5.32 Å². The molecule has 0 aliphatic heterocycles. The second kappa shape index (κ2) is 8.30. The van der Waals surface area contributed by atoms with Crippen LogP contribution in [-0.2, 0) is 11.2 Å². The summed E-state index contributed by atoms with van der Waals surface area (Å²) < 4.78 is 5.56. The van der Waals surface area contributed by atoms with Crippen LogP contribution in [0.4, 0.5) is 0 Å². The van der Waals surface area contributed by atoms with E-state index in [9.17, 15) is 0 Å². The minimum Gasteiger partial charge on any atom is -0.377 e. The van der Waals surface area contributed by atoms with E-state index in [0.717, 1.165) is 44.8 Å². The van der Waals surface area contributed by atoms with Crippen LogP contribution in [0.3, 0.4) is 0 Å². The highest BCUT2D eigenvalue weighted by Gasteiger charge is 1.97. The zero-order chi connectivity index (χ0) is 11.6. The normalized spacial score (nSPS) is 12.9. The van der Waals surface area contributed by atoms with Crippen molar-refractivity contribution in [3.05, 3.63) is 18.2 Å². The summed E-state index contributed by atoms with van der Waals surface area (Å²) in [6, 6.07) is 0. The lowest BCUT2D eigenvalue weighted by Crippen LogP contribution is -2.23. The number of hydrogen-bond acceptors (Lipinski definition) is 3. The second-order valence-electron chi connectivity index (χ2n) is 3.98. The average Bonchev–Trinajstić information content (AvgIpc) is 2.80. The van der Waals surface area contributed by atoms with Gasteiger partial charge in [-0.05, 0) is 26.3 Å². The standard InChI is InChI=1S/C12H23N3O/c1-3-11(2)16-10-9-13-6-4-5-12-14-7-8-15-12/h7-8,11,13H,3-6,9-10H2,1-2H3,(H,14,15). The van der Waals surface area contributed by atoms with Crippen LogP contribution in [0.25, 0.3) is 0 Å². The van der Waals surface area contributed by atoms with E-state index in [1.807, 2.05) is 6.20 Å². The number of hydrogen-bond donors (Lipinski definition) is 2. The molecule has 0 aromatic carbocycles. The molecular formula is C12H23N3O. The number of rotatable bonds is 9. The molecule has 2 N–H and O–H groups in total. The Kier molecular flexibility index (Phi) is 6.85. The molecule has 0 aliphatic rings. The number of nitrogens with zero attached hydrogens (tertiary/aromatic N) is 1. The Morgan fingerprint density at radius 3 is 3.06 bits per heavy atom. The highest BCUT2D eigenvalue weighted by molar-refractivity contribution is 4.86. The van der Waals surface area contributed by atoms with Crippen molar-refractivity contribution < 1.29 is 4.74 Å². The van der Waals surface area contributed by atoms with Gasteiger partial charge in [0.15, 0.2) is 0 Å². The Bertz CT molecular complexity index is 249. The average molecular weight is 225 g/mol. The van der Waals surface area contributed by atoms with Gasteiger partial charge in [-0.2, -0.15) is 0 Å². The van der Waals surface area contributed by atoms with Crippen LogP contribution in [0, 0.1) is 0 Å². The van der Waals surface area contributed by atoms with Crippen molar-refractivity contribution in [2.24, 2.45) is 0 Å². The molecule has 1 atom stereocenters. The molecule has 16 heavy (non-hydrogen) atoms. The molecule has 1 heterocycles. The van der Waals surface area contributed by atoms with Crippen molar-refractivity contribution in [2.75, 3.05) is 19.7 Å². The molecule has 1 aromatic rings. The van der Waals surface area contributed by atoms with Crippen molar-refractivity contribution in [3.8, 4) is 0 Å². The minimum atomic E-state index is 0.380. The molecule has 4 heteroatoms. The topological polar surface area (TPSA) is 49.9 Å². The summed E-state index contributed by atoms with van der Waals surface area (Å²) in [5, 5.41) is 3.36. The molecule has 0 aliphatic carbocycles. The van der Waals surface area contributed by atoms with Gasteiger partial charge in [-0.25, -0.2) is 4.98 Å². The molecule has 0 spiro atoms. The summed E-state index contributed by atoms with van der Waals surface area (Å²) in [5.41, 5.74) is 0. The van der Waals surface area contributed by atoms with E-state index >= 15 is 0 Å². The van der Waals surface area contributed by atoms with Gasteiger partial charge in [0, 0.05) is 25.4 Å². The van der Waals surface area contributed by atoms with Crippen LogP contribution in [0.15, 0.2) is 12.4 Å². The van der Waals surface area contributed by atoms with E-state index in [2.05, 4.69) is 29.1 Å². The molecular weight excluding hydrogens is 202 g/mol. The molecule has 0 radical (unpaired) electrons. The van der Waals surface area contributed by atoms with Gasteiger partial charge in [0.1, 0.15) is 5.82 Å². The third-order valence-electron chi connectivity index (χ3n) is 2.58. The molecule has 1 unspecified atom stereocenters. The Morgan fingerprint density at radius 2 is 2.38 bits per heavy atom. The summed E-state index contributed by atoms with van der Waals surface area (Å²) in [7, 11) is 0. The van der Waals surface area contributed by atoms with Crippen molar-refractivity contribution in [3.63, 3.8) is 0 Å². The van der Waals surface area contributed by atoms with Gasteiger partial charge >= 0.3 is 0 Å². The smallest absolute Gasteiger partial charge is 0.106 e. The maximum absolute atomic E-state index is 5.56. The first-order valence-corrected chi connectivity index (χ1v) is 6.13. The number of nitrogens with one attached hydrogen (secondary N) is 2. The Labute approximate surface area is 97.8 Å². The summed E-state index contributed by atoms with van der Waals surface area (Å²) in [5.74, 6) is 1.07. The Balaban J connectivity index is 1.85. The van der Waals surface area contributed by atoms with Gasteiger partial charge in [-0.3, -0.25) is 0 Å². The van der Waals surface area contributed by atoms with Crippen LogP contribution in [-0.4, -0.2) is 35.8 Å². The van der Waals surface area contributed by atoms with Gasteiger partial charge in [0.2, 0.25) is 0 Å². The molecule has 0 saturated heterocycles. The van der Waals surface area contributed by atoms with E-state index in [0.29, 0.717) is 6.10 Å². The van der Waals surface area contributed by atoms with Crippen molar-refractivity contribution in [2.45, 2.75) is 39.2 Å². The van der Waals surface area contributed by atoms with Crippen LogP contribution in [0.2, 0.25) is 0 Å². The molecule has 92 valence electrons.